The van der Waals surface area contributed by atoms with E-state index in [1.807, 2.05) is 6.07 Å². The maximum atomic E-state index is 5.92. The number of nitrogens with zero attached hydrogens (tertiary/aromatic N) is 3. The van der Waals surface area contributed by atoms with E-state index in [4.69, 9.17) is 16.3 Å². The van der Waals surface area contributed by atoms with E-state index >= 15 is 0 Å². The summed E-state index contributed by atoms with van der Waals surface area (Å²) in [6.45, 7) is 1.66. The summed E-state index contributed by atoms with van der Waals surface area (Å²) in [5, 5.41) is 0. The highest BCUT2D eigenvalue weighted by molar-refractivity contribution is 9.10. The van der Waals surface area contributed by atoms with Crippen molar-refractivity contribution in [2.24, 2.45) is 0 Å². The lowest BCUT2D eigenvalue weighted by atomic mass is 10.2. The average molecular weight is 317 g/mol. The Labute approximate surface area is 112 Å². The topological polar surface area (TPSA) is 39.9 Å². The molecule has 0 spiro atoms. The van der Waals surface area contributed by atoms with Crippen molar-refractivity contribution in [3.05, 3.63) is 22.6 Å². The normalized spacial score (nSPS) is 19.5. The molecule has 0 unspecified atom stereocenters. The van der Waals surface area contributed by atoms with E-state index in [0.717, 1.165) is 41.0 Å². The number of ether oxygens (including phenoxy) is 1. The third-order valence-electron chi connectivity index (χ3n) is 2.95. The maximum Gasteiger partial charge on any atom is 0.178 e. The first-order chi connectivity index (χ1) is 8.28. The number of alkyl halides is 1. The van der Waals surface area contributed by atoms with Gasteiger partial charge in [-0.05, 0) is 28.4 Å². The van der Waals surface area contributed by atoms with Crippen molar-refractivity contribution < 1.29 is 4.74 Å². The van der Waals surface area contributed by atoms with Gasteiger partial charge in [-0.2, -0.15) is 0 Å². The molecule has 90 valence electrons. The van der Waals surface area contributed by atoms with Crippen LogP contribution in [0.1, 0.15) is 12.2 Å². The van der Waals surface area contributed by atoms with Gasteiger partial charge in [-0.25, -0.2) is 9.97 Å². The minimum Gasteiger partial charge on any atom is -0.376 e. The fourth-order valence-electron chi connectivity index (χ4n) is 1.97. The van der Waals surface area contributed by atoms with Crippen LogP contribution in [0.25, 0.3) is 11.2 Å². The molecule has 3 rings (SSSR count). The van der Waals surface area contributed by atoms with Gasteiger partial charge in [-0.15, -0.1) is 11.6 Å². The number of rotatable bonds is 3. The molecule has 1 aliphatic rings. The third-order valence-corrected chi connectivity index (χ3v) is 3.62. The lowest BCUT2D eigenvalue weighted by molar-refractivity contribution is -0.0589. The molecule has 0 saturated carbocycles. The molecule has 6 heteroatoms. The first kappa shape index (κ1) is 11.4. The zero-order chi connectivity index (χ0) is 11.8. The monoisotopic (exact) mass is 315 g/mol. The highest BCUT2D eigenvalue weighted by Gasteiger charge is 2.21. The van der Waals surface area contributed by atoms with Crippen molar-refractivity contribution >= 4 is 38.7 Å². The smallest absolute Gasteiger partial charge is 0.178 e. The first-order valence-corrected chi connectivity index (χ1v) is 6.79. The number of fused-ring (bicyclic) bond motifs is 1. The van der Waals surface area contributed by atoms with Crippen LogP contribution in [-0.4, -0.2) is 27.2 Å². The maximum absolute atomic E-state index is 5.92. The largest absolute Gasteiger partial charge is 0.376 e. The summed E-state index contributed by atoms with van der Waals surface area (Å²) in [6.07, 6.45) is 3.13. The summed E-state index contributed by atoms with van der Waals surface area (Å²) in [4.78, 5) is 8.71. The van der Waals surface area contributed by atoms with Crippen LogP contribution in [0.2, 0.25) is 0 Å². The van der Waals surface area contributed by atoms with Crippen molar-refractivity contribution in [2.45, 2.75) is 24.9 Å². The Morgan fingerprint density at radius 2 is 2.41 bits per heavy atom. The van der Waals surface area contributed by atoms with Gasteiger partial charge in [0.1, 0.15) is 5.82 Å². The summed E-state index contributed by atoms with van der Waals surface area (Å²) in [6, 6.07) is 2.02. The van der Waals surface area contributed by atoms with E-state index in [1.54, 1.807) is 6.20 Å². The van der Waals surface area contributed by atoms with Crippen molar-refractivity contribution in [3.63, 3.8) is 0 Å². The molecule has 0 bridgehead atoms. The second kappa shape index (κ2) is 4.55. The molecule has 0 aliphatic carbocycles. The van der Waals surface area contributed by atoms with E-state index in [9.17, 15) is 0 Å². The van der Waals surface area contributed by atoms with Crippen LogP contribution in [0.4, 0.5) is 0 Å². The highest BCUT2D eigenvalue weighted by atomic mass is 79.9. The van der Waals surface area contributed by atoms with Gasteiger partial charge in [0, 0.05) is 17.3 Å². The SMILES string of the molecule is ClCc1nc2ncc(Br)cc2n1C[C@@H]1CCO1. The van der Waals surface area contributed by atoms with E-state index < -0.39 is 0 Å². The van der Waals surface area contributed by atoms with Gasteiger partial charge in [0.05, 0.1) is 24.0 Å². The van der Waals surface area contributed by atoms with Gasteiger partial charge in [0.15, 0.2) is 5.65 Å². The molecule has 2 aromatic rings. The number of hydrogen-bond acceptors (Lipinski definition) is 3. The molecule has 1 aliphatic heterocycles. The standard InChI is InChI=1S/C11H11BrClN3O/c12-7-3-9-11(14-5-7)15-10(4-13)16(9)6-8-1-2-17-8/h3,5,8H,1-2,4,6H2/t8-/m0/s1. The molecule has 2 aromatic heterocycles. The fraction of sp³-hybridized carbons (Fsp3) is 0.455. The van der Waals surface area contributed by atoms with Gasteiger partial charge in [-0.3, -0.25) is 0 Å². The van der Waals surface area contributed by atoms with E-state index in [1.165, 1.54) is 0 Å². The molecule has 3 heterocycles. The quantitative estimate of drug-likeness (QED) is 0.818. The molecule has 0 aromatic carbocycles. The van der Waals surface area contributed by atoms with E-state index in [0.29, 0.717) is 5.88 Å². The number of halogens is 2. The Morgan fingerprint density at radius 3 is 3.06 bits per heavy atom. The number of imidazole rings is 1. The molecule has 4 nitrogen and oxygen atoms in total. The Balaban J connectivity index is 2.07. The van der Waals surface area contributed by atoms with Gasteiger partial charge < -0.3 is 9.30 Å². The Morgan fingerprint density at radius 1 is 1.59 bits per heavy atom. The predicted octanol–water partition coefficient (Wildman–Crippen LogP) is 2.72. The lowest BCUT2D eigenvalue weighted by Gasteiger charge is -2.27. The van der Waals surface area contributed by atoms with Crippen LogP contribution in [0, 0.1) is 0 Å². The molecule has 0 amide bonds. The number of aromatic nitrogens is 3. The van der Waals surface area contributed by atoms with Crippen LogP contribution in [-0.2, 0) is 17.2 Å². The van der Waals surface area contributed by atoms with E-state index in [-0.39, 0.29) is 6.10 Å². The molecule has 0 radical (unpaired) electrons. The molecule has 1 saturated heterocycles. The fourth-order valence-corrected chi connectivity index (χ4v) is 2.49. The summed E-state index contributed by atoms with van der Waals surface area (Å²) in [7, 11) is 0. The third kappa shape index (κ3) is 2.07. The van der Waals surface area contributed by atoms with Gasteiger partial charge in [-0.1, -0.05) is 0 Å². The van der Waals surface area contributed by atoms with Gasteiger partial charge >= 0.3 is 0 Å². The van der Waals surface area contributed by atoms with Crippen molar-refractivity contribution in [2.75, 3.05) is 6.61 Å². The number of hydrogen-bond donors (Lipinski definition) is 0. The summed E-state index contributed by atoms with van der Waals surface area (Å²) in [5.74, 6) is 1.24. The Kier molecular flexibility index (Phi) is 3.06. The lowest BCUT2D eigenvalue weighted by Crippen LogP contribution is -2.31. The van der Waals surface area contributed by atoms with Crippen molar-refractivity contribution in [1.29, 1.82) is 0 Å². The summed E-state index contributed by atoms with van der Waals surface area (Å²) in [5.41, 5.74) is 1.74. The van der Waals surface area contributed by atoms with Gasteiger partial charge in [0.25, 0.3) is 0 Å². The Bertz CT molecular complexity index is 553. The van der Waals surface area contributed by atoms with Crippen LogP contribution in [0.15, 0.2) is 16.7 Å². The molecular weight excluding hydrogens is 305 g/mol. The van der Waals surface area contributed by atoms with E-state index in [2.05, 4.69) is 30.5 Å². The van der Waals surface area contributed by atoms with Crippen LogP contribution in [0.5, 0.6) is 0 Å². The summed E-state index contributed by atoms with van der Waals surface area (Å²) < 4.78 is 8.51. The zero-order valence-corrected chi connectivity index (χ0v) is 11.4. The molecule has 17 heavy (non-hydrogen) atoms. The molecule has 1 atom stereocenters. The summed E-state index contributed by atoms with van der Waals surface area (Å²) >= 11 is 9.35. The minimum atomic E-state index is 0.286. The van der Waals surface area contributed by atoms with Crippen molar-refractivity contribution in [3.8, 4) is 0 Å². The van der Waals surface area contributed by atoms with Crippen LogP contribution in [0.3, 0.4) is 0 Å². The Hall–Kier alpha value is -0.650. The van der Waals surface area contributed by atoms with Gasteiger partial charge in [0.2, 0.25) is 0 Å². The first-order valence-electron chi connectivity index (χ1n) is 5.46. The average Bonchev–Trinajstić information content (AvgIpc) is 2.61. The molecule has 1 fully saturated rings. The van der Waals surface area contributed by atoms with Crippen LogP contribution >= 0.6 is 27.5 Å². The second-order valence-corrected chi connectivity index (χ2v) is 5.23. The highest BCUT2D eigenvalue weighted by Crippen LogP contribution is 2.22. The molecular formula is C11H11BrClN3O. The van der Waals surface area contributed by atoms with Crippen LogP contribution < -0.4 is 0 Å². The van der Waals surface area contributed by atoms with Crippen molar-refractivity contribution in [1.82, 2.24) is 14.5 Å². The molecule has 0 N–H and O–H groups in total. The second-order valence-electron chi connectivity index (χ2n) is 4.05. The zero-order valence-electron chi connectivity index (χ0n) is 9.07. The predicted molar refractivity (Wildman–Crippen MR) is 69.1 cm³/mol. The number of pyridine rings is 1. The minimum absolute atomic E-state index is 0.286.